The molecule has 5 rings (SSSR count). The molecular weight excluding hydrogens is 530 g/mol. The summed E-state index contributed by atoms with van der Waals surface area (Å²) in [7, 11) is 0. The summed E-state index contributed by atoms with van der Waals surface area (Å²) < 4.78 is 0. The summed E-state index contributed by atoms with van der Waals surface area (Å²) in [5, 5.41) is 10.9. The van der Waals surface area contributed by atoms with E-state index in [4.69, 9.17) is 4.98 Å². The number of rotatable bonds is 13. The van der Waals surface area contributed by atoms with Crippen LogP contribution in [0, 0.1) is 12.8 Å². The van der Waals surface area contributed by atoms with E-state index in [-0.39, 0.29) is 18.2 Å². The van der Waals surface area contributed by atoms with Crippen LogP contribution in [0.1, 0.15) is 61.3 Å². The quantitative estimate of drug-likeness (QED) is 0.230. The number of hydrogen-bond acceptors (Lipinski definition) is 6. The summed E-state index contributed by atoms with van der Waals surface area (Å²) in [6.45, 7) is 7.59. The molecule has 2 N–H and O–H groups in total. The molecule has 3 aromatic rings. The molecule has 0 saturated carbocycles. The summed E-state index contributed by atoms with van der Waals surface area (Å²) >= 11 is 0. The zero-order valence-electron chi connectivity index (χ0n) is 24.6. The highest BCUT2D eigenvalue weighted by Gasteiger charge is 2.28. The Morgan fingerprint density at radius 3 is 2.74 bits per heavy atom. The van der Waals surface area contributed by atoms with Crippen LogP contribution in [0.15, 0.2) is 42.6 Å². The van der Waals surface area contributed by atoms with Crippen LogP contribution in [0.5, 0.6) is 0 Å². The van der Waals surface area contributed by atoms with E-state index in [1.54, 1.807) is 0 Å². The maximum absolute atomic E-state index is 12.5. The second-order valence-corrected chi connectivity index (χ2v) is 12.0. The van der Waals surface area contributed by atoms with Gasteiger partial charge in [0.05, 0.1) is 6.42 Å². The highest BCUT2D eigenvalue weighted by molar-refractivity contribution is 5.77. The van der Waals surface area contributed by atoms with Crippen molar-refractivity contribution >= 4 is 34.9 Å². The number of carbonyl (C=O) groups is 3. The maximum atomic E-state index is 12.5. The van der Waals surface area contributed by atoms with E-state index in [0.29, 0.717) is 38.3 Å². The smallest absolute Gasteiger partial charge is 0.304 e. The Hall–Kier alpha value is -3.72. The first-order valence-electron chi connectivity index (χ1n) is 15.3. The SMILES string of the molecule is Cc1cc(C(CC(=O)O)CN2CCC(CCc3ccc4cc[nH]c4n3)C2)cc(N2CCN(C(=O)CCCC=O)CC2)c1. The third-order valence-electron chi connectivity index (χ3n) is 8.81. The number of nitrogens with one attached hydrogen (secondary N) is 1. The Balaban J connectivity index is 1.18. The lowest BCUT2D eigenvalue weighted by atomic mass is 9.92. The molecule has 2 aliphatic heterocycles. The van der Waals surface area contributed by atoms with Gasteiger partial charge in [0.15, 0.2) is 0 Å². The van der Waals surface area contributed by atoms with E-state index >= 15 is 0 Å². The number of pyridine rings is 1. The second kappa shape index (κ2) is 14.0. The normalized spacial score (nSPS) is 18.5. The molecular formula is C33H43N5O4. The highest BCUT2D eigenvalue weighted by Crippen LogP contribution is 2.31. The van der Waals surface area contributed by atoms with Gasteiger partial charge in [0, 0.05) is 81.0 Å². The molecule has 42 heavy (non-hydrogen) atoms. The van der Waals surface area contributed by atoms with Gasteiger partial charge in [-0.3, -0.25) is 9.59 Å². The fourth-order valence-corrected chi connectivity index (χ4v) is 6.51. The van der Waals surface area contributed by atoms with Crippen molar-refractivity contribution in [2.75, 3.05) is 50.7 Å². The molecule has 0 aliphatic carbocycles. The van der Waals surface area contributed by atoms with E-state index < -0.39 is 5.97 Å². The van der Waals surface area contributed by atoms with E-state index in [1.807, 2.05) is 17.2 Å². The molecule has 2 unspecified atom stereocenters. The zero-order chi connectivity index (χ0) is 29.5. The van der Waals surface area contributed by atoms with Gasteiger partial charge < -0.3 is 29.6 Å². The zero-order valence-corrected chi connectivity index (χ0v) is 24.6. The van der Waals surface area contributed by atoms with Crippen LogP contribution in [0.2, 0.25) is 0 Å². The number of piperazine rings is 1. The van der Waals surface area contributed by atoms with E-state index in [1.165, 1.54) is 0 Å². The number of aromatic nitrogens is 2. The molecule has 0 spiro atoms. The summed E-state index contributed by atoms with van der Waals surface area (Å²) in [5.41, 5.74) is 5.35. The van der Waals surface area contributed by atoms with Crippen LogP contribution in [0.25, 0.3) is 11.0 Å². The van der Waals surface area contributed by atoms with Crippen LogP contribution in [-0.4, -0.2) is 88.9 Å². The number of unbranched alkanes of at least 4 members (excludes halogenated alkanes) is 1. The molecule has 2 aliphatic rings. The highest BCUT2D eigenvalue weighted by atomic mass is 16.4. The monoisotopic (exact) mass is 573 g/mol. The minimum absolute atomic E-state index is 0.0856. The Morgan fingerprint density at radius 1 is 1.12 bits per heavy atom. The van der Waals surface area contributed by atoms with Gasteiger partial charge in [0.2, 0.25) is 5.91 Å². The summed E-state index contributed by atoms with van der Waals surface area (Å²) in [4.78, 5) is 49.6. The van der Waals surface area contributed by atoms with Crippen LogP contribution < -0.4 is 4.90 Å². The van der Waals surface area contributed by atoms with Crippen molar-refractivity contribution in [1.29, 1.82) is 0 Å². The number of likely N-dealkylation sites (tertiary alicyclic amines) is 1. The number of benzene rings is 1. The number of carboxylic acid groups (broad SMARTS) is 1. The summed E-state index contributed by atoms with van der Waals surface area (Å²) in [6, 6.07) is 12.7. The molecule has 2 aromatic heterocycles. The number of aryl methyl sites for hydroxylation is 2. The van der Waals surface area contributed by atoms with E-state index in [0.717, 1.165) is 91.8 Å². The number of H-pyrrole nitrogens is 1. The minimum Gasteiger partial charge on any atom is -0.481 e. The van der Waals surface area contributed by atoms with Crippen LogP contribution in [0.3, 0.4) is 0 Å². The standard InChI is InChI=1S/C33H43N5O4/c1-24-18-27(20-30(19-24)37-13-15-38(16-14-37)31(40)4-2-3-17-39)28(21-32(41)42)23-36-12-10-25(22-36)5-7-29-8-6-26-9-11-34-33(26)35-29/h6,8-9,11,17-20,25,28H,2-5,7,10,12-16,21-23H2,1H3,(H,34,35)(H,41,42). The molecule has 9 heteroatoms. The van der Waals surface area contributed by atoms with Crippen molar-refractivity contribution in [3.8, 4) is 0 Å². The number of fused-ring (bicyclic) bond motifs is 1. The number of aromatic amines is 1. The molecule has 2 atom stereocenters. The van der Waals surface area contributed by atoms with Gasteiger partial charge in [-0.1, -0.05) is 6.07 Å². The number of carbonyl (C=O) groups excluding carboxylic acids is 2. The Labute approximate surface area is 247 Å². The van der Waals surface area contributed by atoms with Crippen molar-refractivity contribution in [3.05, 3.63) is 59.4 Å². The molecule has 1 aromatic carbocycles. The molecule has 224 valence electrons. The van der Waals surface area contributed by atoms with Gasteiger partial charge in [-0.15, -0.1) is 0 Å². The Kier molecular flexibility index (Phi) is 9.89. The van der Waals surface area contributed by atoms with Crippen molar-refractivity contribution in [2.24, 2.45) is 5.92 Å². The lowest BCUT2D eigenvalue weighted by Gasteiger charge is -2.37. The molecule has 2 fully saturated rings. The van der Waals surface area contributed by atoms with Gasteiger partial charge in [-0.2, -0.15) is 0 Å². The number of carboxylic acids is 1. The Morgan fingerprint density at radius 2 is 1.95 bits per heavy atom. The van der Waals surface area contributed by atoms with Gasteiger partial charge in [-0.25, -0.2) is 4.98 Å². The van der Waals surface area contributed by atoms with E-state index in [2.05, 4.69) is 52.0 Å². The first kappa shape index (κ1) is 29.8. The predicted molar refractivity (Wildman–Crippen MR) is 164 cm³/mol. The number of anilines is 1. The molecule has 2 saturated heterocycles. The fraction of sp³-hybridized carbons (Fsp3) is 0.515. The third kappa shape index (κ3) is 7.76. The number of aldehydes is 1. The van der Waals surface area contributed by atoms with Crippen molar-refractivity contribution in [3.63, 3.8) is 0 Å². The topological polar surface area (TPSA) is 110 Å². The summed E-state index contributed by atoms with van der Waals surface area (Å²) in [5.74, 6) is -0.157. The van der Waals surface area contributed by atoms with Crippen LogP contribution in [-0.2, 0) is 20.8 Å². The number of nitrogens with zero attached hydrogens (tertiary/aromatic N) is 4. The average molecular weight is 574 g/mol. The predicted octanol–water partition coefficient (Wildman–Crippen LogP) is 4.40. The van der Waals surface area contributed by atoms with Crippen molar-refractivity contribution in [1.82, 2.24) is 19.8 Å². The lowest BCUT2D eigenvalue weighted by Crippen LogP contribution is -2.48. The second-order valence-electron chi connectivity index (χ2n) is 12.0. The molecule has 4 heterocycles. The van der Waals surface area contributed by atoms with Gasteiger partial charge in [0.1, 0.15) is 11.9 Å². The van der Waals surface area contributed by atoms with Gasteiger partial charge in [0.25, 0.3) is 0 Å². The Bertz CT molecular complexity index is 1380. The molecule has 0 radical (unpaired) electrons. The van der Waals surface area contributed by atoms with Crippen LogP contribution >= 0.6 is 0 Å². The first-order valence-corrected chi connectivity index (χ1v) is 15.3. The number of aliphatic carboxylic acids is 1. The number of hydrogen-bond donors (Lipinski definition) is 2. The largest absolute Gasteiger partial charge is 0.481 e. The third-order valence-corrected chi connectivity index (χ3v) is 8.81. The minimum atomic E-state index is -0.772. The molecule has 1 amide bonds. The molecule has 9 nitrogen and oxygen atoms in total. The van der Waals surface area contributed by atoms with Crippen molar-refractivity contribution < 1.29 is 19.5 Å². The fourth-order valence-electron chi connectivity index (χ4n) is 6.51. The molecule has 0 bridgehead atoms. The van der Waals surface area contributed by atoms with E-state index in [9.17, 15) is 19.5 Å². The average Bonchev–Trinajstić information content (AvgIpc) is 3.64. The first-order chi connectivity index (χ1) is 20.4. The van der Waals surface area contributed by atoms with Gasteiger partial charge >= 0.3 is 5.97 Å². The van der Waals surface area contributed by atoms with Crippen molar-refractivity contribution in [2.45, 2.75) is 57.8 Å². The van der Waals surface area contributed by atoms with Gasteiger partial charge in [-0.05, 0) is 86.5 Å². The number of amides is 1. The lowest BCUT2D eigenvalue weighted by molar-refractivity contribution is -0.137. The summed E-state index contributed by atoms with van der Waals surface area (Å²) in [6.07, 6.45) is 7.50. The van der Waals surface area contributed by atoms with Crippen LogP contribution in [0.4, 0.5) is 5.69 Å². The maximum Gasteiger partial charge on any atom is 0.304 e.